The number of hydrogen-bond donors (Lipinski definition) is 1. The third-order valence-electron chi connectivity index (χ3n) is 2.89. The summed E-state index contributed by atoms with van der Waals surface area (Å²) in [5.74, 6) is -0.110. The summed E-state index contributed by atoms with van der Waals surface area (Å²) < 4.78 is 28.8. The van der Waals surface area contributed by atoms with Gasteiger partial charge in [-0.25, -0.2) is 13.6 Å². The minimum atomic E-state index is -3.97. The van der Waals surface area contributed by atoms with E-state index in [1.165, 1.54) is 25.1 Å². The van der Waals surface area contributed by atoms with Gasteiger partial charge in [0.05, 0.1) is 0 Å². The number of ether oxygens (including phenoxy) is 1. The van der Waals surface area contributed by atoms with Gasteiger partial charge in [-0.05, 0) is 30.7 Å². The van der Waals surface area contributed by atoms with Gasteiger partial charge in [-0.1, -0.05) is 30.3 Å². The van der Waals surface area contributed by atoms with Crippen molar-refractivity contribution in [3.05, 3.63) is 59.7 Å². The number of primary sulfonamides is 1. The highest BCUT2D eigenvalue weighted by Crippen LogP contribution is 2.25. The third kappa shape index (κ3) is 3.90. The highest BCUT2D eigenvalue weighted by Gasteiger charge is 2.17. The Morgan fingerprint density at radius 2 is 1.81 bits per heavy atom. The molecule has 0 aliphatic rings. The van der Waals surface area contributed by atoms with Crippen LogP contribution in [0.5, 0.6) is 5.75 Å². The Labute approximate surface area is 123 Å². The van der Waals surface area contributed by atoms with Gasteiger partial charge < -0.3 is 4.74 Å². The van der Waals surface area contributed by atoms with Crippen LogP contribution in [-0.4, -0.2) is 14.2 Å². The fourth-order valence-corrected chi connectivity index (χ4v) is 2.50. The fraction of sp³-hybridized carbons (Fsp3) is 0.133. The molecule has 2 aromatic carbocycles. The molecule has 5 nitrogen and oxygen atoms in total. The first kappa shape index (κ1) is 15.2. The van der Waals surface area contributed by atoms with E-state index in [0.717, 1.165) is 5.56 Å². The zero-order valence-corrected chi connectivity index (χ0v) is 12.3. The molecule has 0 atom stereocenters. The zero-order valence-electron chi connectivity index (χ0n) is 11.4. The van der Waals surface area contributed by atoms with Crippen LogP contribution < -0.4 is 9.88 Å². The number of carbonyl (C=O) groups excluding carboxylic acids is 1. The van der Waals surface area contributed by atoms with Gasteiger partial charge in [0.15, 0.2) is 5.78 Å². The van der Waals surface area contributed by atoms with E-state index in [0.29, 0.717) is 0 Å². The Morgan fingerprint density at radius 1 is 1.14 bits per heavy atom. The van der Waals surface area contributed by atoms with E-state index in [2.05, 4.69) is 0 Å². The molecule has 2 aromatic rings. The van der Waals surface area contributed by atoms with Crippen LogP contribution in [0.3, 0.4) is 0 Å². The van der Waals surface area contributed by atoms with Crippen molar-refractivity contribution in [3.8, 4) is 5.75 Å². The van der Waals surface area contributed by atoms with Gasteiger partial charge >= 0.3 is 0 Å². The van der Waals surface area contributed by atoms with Gasteiger partial charge in [-0.3, -0.25) is 4.79 Å². The molecule has 0 fully saturated rings. The summed E-state index contributed by atoms with van der Waals surface area (Å²) in [4.78, 5) is 11.1. The van der Waals surface area contributed by atoms with Crippen molar-refractivity contribution in [2.75, 3.05) is 0 Å². The number of Topliss-reactive ketones (excluding diaryl/α,β-unsaturated/α-hetero) is 1. The number of nitrogens with two attached hydrogens (primary N) is 1. The molecule has 0 heterocycles. The second-order valence-corrected chi connectivity index (χ2v) is 6.07. The average molecular weight is 305 g/mol. The predicted octanol–water partition coefficient (Wildman–Crippen LogP) is 2.12. The van der Waals surface area contributed by atoms with Crippen LogP contribution in [0.1, 0.15) is 22.8 Å². The van der Waals surface area contributed by atoms with Gasteiger partial charge in [0, 0.05) is 5.56 Å². The lowest BCUT2D eigenvalue weighted by atomic mass is 10.1. The normalized spacial score (nSPS) is 11.1. The number of ketones is 1. The van der Waals surface area contributed by atoms with Crippen LogP contribution in [-0.2, 0) is 16.6 Å². The molecule has 0 amide bonds. The summed E-state index contributed by atoms with van der Waals surface area (Å²) in [6, 6.07) is 13.5. The summed E-state index contributed by atoms with van der Waals surface area (Å²) in [5, 5.41) is 5.18. The van der Waals surface area contributed by atoms with Crippen molar-refractivity contribution in [1.82, 2.24) is 0 Å². The standard InChI is InChI=1S/C15H15NO4S/c1-11(17)13-7-8-14(15(9-13)21(16,18)19)20-10-12-5-3-2-4-6-12/h2-9H,10H2,1H3,(H2,16,18,19). The summed E-state index contributed by atoms with van der Waals surface area (Å²) in [5.41, 5.74) is 1.17. The molecular weight excluding hydrogens is 290 g/mol. The molecule has 0 radical (unpaired) electrons. The Morgan fingerprint density at radius 3 is 2.38 bits per heavy atom. The molecule has 0 saturated carbocycles. The van der Waals surface area contributed by atoms with Crippen molar-refractivity contribution in [1.29, 1.82) is 0 Å². The molecule has 110 valence electrons. The minimum absolute atomic E-state index is 0.131. The Balaban J connectivity index is 2.33. The number of sulfonamides is 1. The van der Waals surface area contributed by atoms with Crippen molar-refractivity contribution in [2.45, 2.75) is 18.4 Å². The number of hydrogen-bond acceptors (Lipinski definition) is 4. The first-order valence-corrected chi connectivity index (χ1v) is 7.77. The summed E-state index contributed by atoms with van der Waals surface area (Å²) in [7, 11) is -3.97. The van der Waals surface area contributed by atoms with E-state index in [9.17, 15) is 13.2 Å². The second-order valence-electron chi connectivity index (χ2n) is 4.54. The van der Waals surface area contributed by atoms with Gasteiger partial charge in [-0.2, -0.15) is 0 Å². The fourth-order valence-electron chi connectivity index (χ4n) is 1.80. The maximum absolute atomic E-state index is 11.6. The van der Waals surface area contributed by atoms with Gasteiger partial charge in [0.25, 0.3) is 0 Å². The van der Waals surface area contributed by atoms with Crippen molar-refractivity contribution in [2.24, 2.45) is 5.14 Å². The molecule has 21 heavy (non-hydrogen) atoms. The molecule has 0 saturated heterocycles. The molecular formula is C15H15NO4S. The smallest absolute Gasteiger partial charge is 0.241 e. The first-order valence-electron chi connectivity index (χ1n) is 6.22. The first-order chi connectivity index (χ1) is 9.88. The molecule has 2 N–H and O–H groups in total. The lowest BCUT2D eigenvalue weighted by molar-refractivity contribution is 0.101. The molecule has 2 rings (SSSR count). The summed E-state index contributed by atoms with van der Waals surface area (Å²) in [6.07, 6.45) is 0. The third-order valence-corrected chi connectivity index (χ3v) is 3.83. The van der Waals surface area contributed by atoms with Gasteiger partial charge in [0.2, 0.25) is 10.0 Å². The van der Waals surface area contributed by atoms with E-state index in [1.807, 2.05) is 30.3 Å². The highest BCUT2D eigenvalue weighted by atomic mass is 32.2. The molecule has 0 aliphatic heterocycles. The Kier molecular flexibility index (Phi) is 4.40. The Bertz CT molecular complexity index is 754. The molecule has 0 aromatic heterocycles. The quantitative estimate of drug-likeness (QED) is 0.857. The van der Waals surface area contributed by atoms with E-state index >= 15 is 0 Å². The average Bonchev–Trinajstić information content (AvgIpc) is 2.45. The molecule has 0 bridgehead atoms. The van der Waals surface area contributed by atoms with Crippen molar-refractivity contribution < 1.29 is 17.9 Å². The van der Waals surface area contributed by atoms with Crippen LogP contribution in [0.25, 0.3) is 0 Å². The van der Waals surface area contributed by atoms with Crippen LogP contribution in [0.4, 0.5) is 0 Å². The lowest BCUT2D eigenvalue weighted by Crippen LogP contribution is -2.15. The highest BCUT2D eigenvalue weighted by molar-refractivity contribution is 7.89. The van der Waals surface area contributed by atoms with Crippen LogP contribution >= 0.6 is 0 Å². The van der Waals surface area contributed by atoms with Crippen LogP contribution in [0, 0.1) is 0 Å². The molecule has 0 spiro atoms. The van der Waals surface area contributed by atoms with Crippen LogP contribution in [0.15, 0.2) is 53.4 Å². The minimum Gasteiger partial charge on any atom is -0.487 e. The second kappa shape index (κ2) is 6.07. The number of rotatable bonds is 5. The van der Waals surface area contributed by atoms with E-state index < -0.39 is 10.0 Å². The van der Waals surface area contributed by atoms with E-state index in [4.69, 9.17) is 9.88 Å². The van der Waals surface area contributed by atoms with Crippen molar-refractivity contribution in [3.63, 3.8) is 0 Å². The van der Waals surface area contributed by atoms with E-state index in [-0.39, 0.29) is 28.6 Å². The topological polar surface area (TPSA) is 86.5 Å². The maximum Gasteiger partial charge on any atom is 0.241 e. The molecule has 0 aliphatic carbocycles. The maximum atomic E-state index is 11.6. The van der Waals surface area contributed by atoms with Crippen molar-refractivity contribution >= 4 is 15.8 Å². The van der Waals surface area contributed by atoms with Gasteiger partial charge in [-0.15, -0.1) is 0 Å². The molecule has 6 heteroatoms. The van der Waals surface area contributed by atoms with Gasteiger partial charge in [0.1, 0.15) is 17.3 Å². The monoisotopic (exact) mass is 305 g/mol. The molecule has 0 unspecified atom stereocenters. The lowest BCUT2D eigenvalue weighted by Gasteiger charge is -2.11. The number of benzene rings is 2. The van der Waals surface area contributed by atoms with E-state index in [1.54, 1.807) is 0 Å². The zero-order chi connectivity index (χ0) is 15.5. The Hall–Kier alpha value is -2.18. The van der Waals surface area contributed by atoms with Crippen LogP contribution in [0.2, 0.25) is 0 Å². The predicted molar refractivity (Wildman–Crippen MR) is 78.6 cm³/mol. The summed E-state index contributed by atoms with van der Waals surface area (Å²) >= 11 is 0. The number of carbonyl (C=O) groups is 1. The summed E-state index contributed by atoms with van der Waals surface area (Å²) in [6.45, 7) is 1.57. The largest absolute Gasteiger partial charge is 0.487 e. The SMILES string of the molecule is CC(=O)c1ccc(OCc2ccccc2)c(S(N)(=O)=O)c1.